The molecule has 2 heteroatoms. The van der Waals surface area contributed by atoms with E-state index in [2.05, 4.69) is 27.0 Å². The predicted octanol–water partition coefficient (Wildman–Crippen LogP) is 4.05. The summed E-state index contributed by atoms with van der Waals surface area (Å²) in [5.41, 5.74) is 5.11. The van der Waals surface area contributed by atoms with Gasteiger partial charge in [-0.1, -0.05) is 39.1 Å². The highest BCUT2D eigenvalue weighted by Crippen LogP contribution is 2.46. The van der Waals surface area contributed by atoms with Gasteiger partial charge in [-0.2, -0.15) is 0 Å². The van der Waals surface area contributed by atoms with E-state index in [4.69, 9.17) is 0 Å². The Hall–Kier alpha value is -1.28. The lowest BCUT2D eigenvalue weighted by Gasteiger charge is -2.15. The number of rotatable bonds is 3. The number of thioether (sulfide) groups is 1. The molecule has 1 aromatic carbocycles. The van der Waals surface area contributed by atoms with Crippen molar-refractivity contribution in [1.82, 2.24) is 0 Å². The van der Waals surface area contributed by atoms with Gasteiger partial charge < -0.3 is 0 Å². The van der Waals surface area contributed by atoms with E-state index in [-0.39, 0.29) is 5.25 Å². The summed E-state index contributed by atoms with van der Waals surface area (Å²) in [6.07, 6.45) is 0.874. The van der Waals surface area contributed by atoms with Crippen LogP contribution in [0.1, 0.15) is 35.3 Å². The first-order valence-electron chi connectivity index (χ1n) is 5.67. The minimum Gasteiger partial charge on any atom is -0.298 e. The smallest absolute Gasteiger partial charge is 0.150 e. The van der Waals surface area contributed by atoms with Gasteiger partial charge in [0.1, 0.15) is 6.29 Å². The lowest BCUT2D eigenvalue weighted by atomic mass is 10.0. The second kappa shape index (κ2) is 4.53. The minimum atomic E-state index is 0.256. The molecule has 0 saturated carbocycles. The topological polar surface area (TPSA) is 17.1 Å². The zero-order chi connectivity index (χ0) is 12.6. The van der Waals surface area contributed by atoms with Crippen LogP contribution in [-0.4, -0.2) is 16.8 Å². The number of benzene rings is 1. The van der Waals surface area contributed by atoms with E-state index in [1.807, 2.05) is 30.0 Å². The average molecular weight is 244 g/mol. The highest BCUT2D eigenvalue weighted by Gasteiger charge is 2.30. The quantitative estimate of drug-likeness (QED) is 0.746. The van der Waals surface area contributed by atoms with Crippen molar-refractivity contribution in [2.24, 2.45) is 0 Å². The summed E-state index contributed by atoms with van der Waals surface area (Å²) >= 11 is 1.86. The predicted molar refractivity (Wildman–Crippen MR) is 76.4 cm³/mol. The molecule has 0 radical (unpaired) electrons. The molecular formula is C15H16OS. The third kappa shape index (κ3) is 2.09. The van der Waals surface area contributed by atoms with Crippen molar-refractivity contribution in [2.45, 2.75) is 24.3 Å². The zero-order valence-electron chi connectivity index (χ0n) is 10.2. The molecule has 0 spiro atoms. The van der Waals surface area contributed by atoms with Crippen LogP contribution >= 0.6 is 11.8 Å². The number of hydrogen-bond acceptors (Lipinski definition) is 2. The van der Waals surface area contributed by atoms with Crippen LogP contribution in [0.3, 0.4) is 0 Å². The maximum absolute atomic E-state index is 10.8. The summed E-state index contributed by atoms with van der Waals surface area (Å²) in [6.45, 7) is 12.7. The molecule has 1 aliphatic carbocycles. The van der Waals surface area contributed by atoms with Gasteiger partial charge in [0.25, 0.3) is 0 Å². The molecule has 0 heterocycles. The molecule has 17 heavy (non-hydrogen) atoms. The van der Waals surface area contributed by atoms with Gasteiger partial charge in [0.2, 0.25) is 0 Å². The Labute approximate surface area is 107 Å². The zero-order valence-corrected chi connectivity index (χ0v) is 11.0. The van der Waals surface area contributed by atoms with Crippen LogP contribution in [0.2, 0.25) is 0 Å². The fourth-order valence-corrected chi connectivity index (χ4v) is 3.24. The number of aldehydes is 1. The first-order chi connectivity index (χ1) is 8.04. The van der Waals surface area contributed by atoms with E-state index in [1.165, 1.54) is 0 Å². The maximum atomic E-state index is 10.8. The van der Waals surface area contributed by atoms with E-state index >= 15 is 0 Å². The van der Waals surface area contributed by atoms with Crippen molar-refractivity contribution < 1.29 is 4.79 Å². The SMILES string of the molecule is C=C1c2ccc(C=O)cc2C(=C)C1SC(C)C. The molecule has 0 fully saturated rings. The van der Waals surface area contributed by atoms with Crippen molar-refractivity contribution in [3.63, 3.8) is 0 Å². The monoisotopic (exact) mass is 244 g/mol. The molecule has 0 aliphatic heterocycles. The molecule has 1 aliphatic rings. The van der Waals surface area contributed by atoms with Gasteiger partial charge >= 0.3 is 0 Å². The second-order valence-electron chi connectivity index (χ2n) is 4.54. The van der Waals surface area contributed by atoms with E-state index in [0.29, 0.717) is 10.8 Å². The number of hydrogen-bond donors (Lipinski definition) is 0. The lowest BCUT2D eigenvalue weighted by molar-refractivity contribution is 0.112. The molecule has 2 rings (SSSR count). The molecule has 0 aromatic heterocycles. The van der Waals surface area contributed by atoms with Gasteiger partial charge in [0, 0.05) is 5.56 Å². The number of fused-ring (bicyclic) bond motifs is 1. The van der Waals surface area contributed by atoms with Crippen LogP contribution in [0.4, 0.5) is 0 Å². The molecule has 0 amide bonds. The van der Waals surface area contributed by atoms with Gasteiger partial charge in [0.05, 0.1) is 5.25 Å². The summed E-state index contributed by atoms with van der Waals surface area (Å²) in [5, 5.41) is 0.792. The summed E-state index contributed by atoms with van der Waals surface area (Å²) in [5.74, 6) is 0. The van der Waals surface area contributed by atoms with E-state index in [9.17, 15) is 4.79 Å². The Morgan fingerprint density at radius 2 is 1.88 bits per heavy atom. The summed E-state index contributed by atoms with van der Waals surface area (Å²) in [6, 6.07) is 5.73. The Morgan fingerprint density at radius 1 is 1.24 bits per heavy atom. The third-order valence-corrected chi connectivity index (χ3v) is 4.30. The van der Waals surface area contributed by atoms with Crippen molar-refractivity contribution in [3.05, 3.63) is 48.0 Å². The Morgan fingerprint density at radius 3 is 2.47 bits per heavy atom. The Bertz CT molecular complexity index is 500. The van der Waals surface area contributed by atoms with Crippen LogP contribution in [0.5, 0.6) is 0 Å². The summed E-state index contributed by atoms with van der Waals surface area (Å²) < 4.78 is 0. The number of carbonyl (C=O) groups is 1. The summed E-state index contributed by atoms with van der Waals surface area (Å²) in [4.78, 5) is 10.8. The van der Waals surface area contributed by atoms with Gasteiger partial charge in [-0.15, -0.1) is 11.8 Å². The van der Waals surface area contributed by atoms with Crippen molar-refractivity contribution in [3.8, 4) is 0 Å². The first kappa shape index (κ1) is 12.2. The largest absolute Gasteiger partial charge is 0.298 e. The molecule has 0 bridgehead atoms. The number of carbonyl (C=O) groups excluding carboxylic acids is 1. The standard InChI is InChI=1S/C15H16OS/c1-9(2)17-15-10(3)13-6-5-12(8-16)7-14(13)11(15)4/h5-9,15H,3-4H2,1-2H3. The van der Waals surface area contributed by atoms with Crippen LogP contribution in [0, 0.1) is 0 Å². The second-order valence-corrected chi connectivity index (χ2v) is 6.22. The lowest BCUT2D eigenvalue weighted by Crippen LogP contribution is -2.03. The van der Waals surface area contributed by atoms with Crippen LogP contribution < -0.4 is 0 Å². The van der Waals surface area contributed by atoms with E-state index in [0.717, 1.165) is 28.6 Å². The molecule has 1 atom stereocenters. The molecule has 1 aromatic rings. The van der Waals surface area contributed by atoms with E-state index < -0.39 is 0 Å². The van der Waals surface area contributed by atoms with Crippen molar-refractivity contribution in [2.75, 3.05) is 0 Å². The van der Waals surface area contributed by atoms with Crippen LogP contribution in [0.25, 0.3) is 11.1 Å². The maximum Gasteiger partial charge on any atom is 0.150 e. The van der Waals surface area contributed by atoms with Crippen molar-refractivity contribution in [1.29, 1.82) is 0 Å². The third-order valence-electron chi connectivity index (χ3n) is 2.91. The summed E-state index contributed by atoms with van der Waals surface area (Å²) in [7, 11) is 0. The molecular weight excluding hydrogens is 228 g/mol. The fourth-order valence-electron chi connectivity index (χ4n) is 2.11. The normalized spacial score (nSPS) is 18.6. The van der Waals surface area contributed by atoms with Crippen LogP contribution in [-0.2, 0) is 0 Å². The minimum absolute atomic E-state index is 0.256. The molecule has 1 nitrogen and oxygen atoms in total. The molecule has 88 valence electrons. The van der Waals surface area contributed by atoms with Crippen LogP contribution in [0.15, 0.2) is 31.4 Å². The molecule has 0 saturated heterocycles. The Balaban J connectivity index is 2.42. The van der Waals surface area contributed by atoms with Crippen molar-refractivity contribution >= 4 is 29.2 Å². The fraction of sp³-hybridized carbons (Fsp3) is 0.267. The molecule has 1 unspecified atom stereocenters. The van der Waals surface area contributed by atoms with E-state index in [1.54, 1.807) is 0 Å². The average Bonchev–Trinajstić information content (AvgIpc) is 2.53. The highest BCUT2D eigenvalue weighted by atomic mass is 32.2. The van der Waals surface area contributed by atoms with Gasteiger partial charge in [0.15, 0.2) is 0 Å². The highest BCUT2D eigenvalue weighted by molar-refractivity contribution is 8.01. The van der Waals surface area contributed by atoms with Gasteiger partial charge in [-0.05, 0) is 33.6 Å². The van der Waals surface area contributed by atoms with Gasteiger partial charge in [-0.3, -0.25) is 4.79 Å². The first-order valence-corrected chi connectivity index (χ1v) is 6.62. The molecule has 0 N–H and O–H groups in total. The Kier molecular flexibility index (Phi) is 3.25. The van der Waals surface area contributed by atoms with Gasteiger partial charge in [-0.25, -0.2) is 0 Å².